The molecule has 0 radical (unpaired) electrons. The summed E-state index contributed by atoms with van der Waals surface area (Å²) in [5.41, 5.74) is 14.8. The fourth-order valence-electron chi connectivity index (χ4n) is 10.8. The minimum Gasteiger partial charge on any atom is -0.456 e. The topological polar surface area (TPSA) is 74.8 Å². The molecule has 7 nitrogen and oxygen atoms in total. The lowest BCUT2D eigenvalue weighted by Gasteiger charge is -2.10. The SMILES string of the molecule is c1ccc(-c2nc(-c3ccccc3)nc(-c3cccc4c3oc3c(-n5c6ccccc6c6cc(-c7ccc8c(c7)c7ccccc7n8-c7ccc8oc9ccccc9c8c7)ccc65)cccc34)n2)cc1. The minimum absolute atomic E-state index is 0.551. The molecule has 0 saturated heterocycles. The van der Waals surface area contributed by atoms with Gasteiger partial charge in [0.1, 0.15) is 16.7 Å². The molecule has 10 aromatic carbocycles. The summed E-state index contributed by atoms with van der Waals surface area (Å²) in [6.07, 6.45) is 0. The van der Waals surface area contributed by atoms with E-state index >= 15 is 0 Å². The summed E-state index contributed by atoms with van der Waals surface area (Å²) in [6.45, 7) is 0. The molecule has 5 aromatic heterocycles. The van der Waals surface area contributed by atoms with Crippen LogP contribution >= 0.6 is 0 Å². The molecular formula is C63H37N5O2. The Kier molecular flexibility index (Phi) is 8.23. The summed E-state index contributed by atoms with van der Waals surface area (Å²) in [4.78, 5) is 15.1. The van der Waals surface area contributed by atoms with Crippen molar-refractivity contribution in [2.75, 3.05) is 0 Å². The van der Waals surface area contributed by atoms with E-state index in [9.17, 15) is 0 Å². The predicted octanol–water partition coefficient (Wildman–Crippen LogP) is 16.5. The lowest BCUT2D eigenvalue weighted by atomic mass is 10.0. The van der Waals surface area contributed by atoms with E-state index in [-0.39, 0.29) is 0 Å². The Morgan fingerprint density at radius 2 is 0.800 bits per heavy atom. The Labute approximate surface area is 399 Å². The van der Waals surface area contributed by atoms with Crippen molar-refractivity contribution in [2.24, 2.45) is 0 Å². The van der Waals surface area contributed by atoms with Crippen molar-refractivity contribution in [3.05, 3.63) is 224 Å². The fourth-order valence-corrected chi connectivity index (χ4v) is 10.8. The average molecular weight is 896 g/mol. The third-order valence-corrected chi connectivity index (χ3v) is 14.0. The van der Waals surface area contributed by atoms with E-state index < -0.39 is 0 Å². The van der Waals surface area contributed by atoms with E-state index in [1.807, 2.05) is 78.9 Å². The Balaban J connectivity index is 0.876. The van der Waals surface area contributed by atoms with Gasteiger partial charge in [-0.2, -0.15) is 0 Å². The van der Waals surface area contributed by atoms with Gasteiger partial charge >= 0.3 is 0 Å². The summed E-state index contributed by atoms with van der Waals surface area (Å²) < 4.78 is 18.0. The maximum atomic E-state index is 7.09. The summed E-state index contributed by atoms with van der Waals surface area (Å²) in [6, 6.07) is 78.7. The number of hydrogen-bond acceptors (Lipinski definition) is 5. The number of fused-ring (bicyclic) bond motifs is 12. The summed E-state index contributed by atoms with van der Waals surface area (Å²) in [7, 11) is 0. The molecule has 15 rings (SSSR count). The van der Waals surface area contributed by atoms with Gasteiger partial charge in [0.05, 0.1) is 33.3 Å². The summed E-state index contributed by atoms with van der Waals surface area (Å²) in [5, 5.41) is 8.98. The Morgan fingerprint density at radius 1 is 0.286 bits per heavy atom. The lowest BCUT2D eigenvalue weighted by molar-refractivity contribution is 0.667. The highest BCUT2D eigenvalue weighted by molar-refractivity contribution is 6.16. The molecule has 7 heteroatoms. The van der Waals surface area contributed by atoms with Crippen LogP contribution in [0.1, 0.15) is 0 Å². The van der Waals surface area contributed by atoms with E-state index in [1.165, 1.54) is 16.2 Å². The van der Waals surface area contributed by atoms with Crippen LogP contribution in [0.4, 0.5) is 0 Å². The Bertz CT molecular complexity index is 4540. The van der Waals surface area contributed by atoms with Crippen molar-refractivity contribution >= 4 is 87.5 Å². The molecular weight excluding hydrogens is 859 g/mol. The van der Waals surface area contributed by atoms with Crippen molar-refractivity contribution in [2.45, 2.75) is 0 Å². The molecule has 0 bridgehead atoms. The zero-order valence-corrected chi connectivity index (χ0v) is 37.4. The van der Waals surface area contributed by atoms with E-state index in [2.05, 4.69) is 155 Å². The smallest absolute Gasteiger partial charge is 0.167 e. The van der Waals surface area contributed by atoms with Crippen LogP contribution in [0.25, 0.3) is 144 Å². The monoisotopic (exact) mass is 895 g/mol. The summed E-state index contributed by atoms with van der Waals surface area (Å²) >= 11 is 0. The van der Waals surface area contributed by atoms with Gasteiger partial charge in [0, 0.05) is 59.9 Å². The van der Waals surface area contributed by atoms with Gasteiger partial charge in [0.2, 0.25) is 0 Å². The molecule has 326 valence electrons. The third kappa shape index (κ3) is 5.79. The van der Waals surface area contributed by atoms with Gasteiger partial charge < -0.3 is 18.0 Å². The van der Waals surface area contributed by atoms with Crippen LogP contribution < -0.4 is 0 Å². The van der Waals surface area contributed by atoms with Gasteiger partial charge in [0.25, 0.3) is 0 Å². The second-order valence-corrected chi connectivity index (χ2v) is 17.9. The second-order valence-electron chi connectivity index (χ2n) is 17.9. The molecule has 0 N–H and O–H groups in total. The van der Waals surface area contributed by atoms with Crippen molar-refractivity contribution in [1.29, 1.82) is 0 Å². The maximum absolute atomic E-state index is 7.09. The molecule has 0 spiro atoms. The van der Waals surface area contributed by atoms with Gasteiger partial charge in [-0.25, -0.2) is 15.0 Å². The molecule has 0 amide bonds. The summed E-state index contributed by atoms with van der Waals surface area (Å²) in [5.74, 6) is 1.76. The Hall–Kier alpha value is -9.59. The molecule has 0 aliphatic rings. The van der Waals surface area contributed by atoms with Crippen molar-refractivity contribution in [1.82, 2.24) is 24.1 Å². The van der Waals surface area contributed by atoms with Crippen LogP contribution in [-0.2, 0) is 0 Å². The molecule has 15 aromatic rings. The zero-order valence-electron chi connectivity index (χ0n) is 37.4. The van der Waals surface area contributed by atoms with Crippen molar-refractivity contribution in [3.63, 3.8) is 0 Å². The third-order valence-electron chi connectivity index (χ3n) is 14.0. The number of benzene rings is 10. The zero-order chi connectivity index (χ0) is 45.9. The molecule has 70 heavy (non-hydrogen) atoms. The highest BCUT2D eigenvalue weighted by Crippen LogP contribution is 2.43. The lowest BCUT2D eigenvalue weighted by Crippen LogP contribution is -2.00. The first-order valence-electron chi connectivity index (χ1n) is 23.5. The highest BCUT2D eigenvalue weighted by Gasteiger charge is 2.22. The van der Waals surface area contributed by atoms with Gasteiger partial charge in [-0.15, -0.1) is 0 Å². The number of furan rings is 2. The standard InChI is InChI=1S/C63H37N5O2/c1-3-15-38(16-4-1)61-64-62(39-17-5-2-6-18-39)66-63(65-61)48-24-13-22-46-47-23-14-27-56(60(47)70-59(46)48)68-53-26-11-8-20-44(53)50-36-41(30-33-55(50)68)40-29-32-54-49(35-40)43-19-7-10-25-52(43)67(54)42-31-34-58-51(37-42)45-21-9-12-28-57(45)69-58/h1-37H. The molecule has 0 aliphatic carbocycles. The normalized spacial score (nSPS) is 12.0. The predicted molar refractivity (Wildman–Crippen MR) is 285 cm³/mol. The van der Waals surface area contributed by atoms with E-state index in [0.29, 0.717) is 17.5 Å². The van der Waals surface area contributed by atoms with Gasteiger partial charge in [-0.05, 0) is 83.9 Å². The van der Waals surface area contributed by atoms with Crippen LogP contribution in [0.15, 0.2) is 233 Å². The van der Waals surface area contributed by atoms with E-state index in [1.54, 1.807) is 0 Å². The van der Waals surface area contributed by atoms with Gasteiger partial charge in [-0.1, -0.05) is 152 Å². The van der Waals surface area contributed by atoms with Gasteiger partial charge in [0.15, 0.2) is 23.1 Å². The Morgan fingerprint density at radius 3 is 1.49 bits per heavy atom. The van der Waals surface area contributed by atoms with Gasteiger partial charge in [-0.3, -0.25) is 0 Å². The van der Waals surface area contributed by atoms with Crippen LogP contribution in [0.2, 0.25) is 0 Å². The molecule has 0 atom stereocenters. The largest absolute Gasteiger partial charge is 0.456 e. The van der Waals surface area contributed by atoms with Crippen LogP contribution in [-0.4, -0.2) is 24.1 Å². The number of aromatic nitrogens is 5. The molecule has 0 unspecified atom stereocenters. The number of hydrogen-bond donors (Lipinski definition) is 0. The van der Waals surface area contributed by atoms with Crippen molar-refractivity contribution < 1.29 is 8.83 Å². The minimum atomic E-state index is 0.551. The fraction of sp³-hybridized carbons (Fsp3) is 0. The number of nitrogens with zero attached hydrogens (tertiary/aromatic N) is 5. The van der Waals surface area contributed by atoms with Crippen LogP contribution in [0, 0.1) is 0 Å². The van der Waals surface area contributed by atoms with Crippen LogP contribution in [0.3, 0.4) is 0 Å². The first kappa shape index (κ1) is 38.5. The maximum Gasteiger partial charge on any atom is 0.167 e. The highest BCUT2D eigenvalue weighted by atomic mass is 16.3. The van der Waals surface area contributed by atoms with Crippen molar-refractivity contribution in [3.8, 4) is 56.7 Å². The quantitative estimate of drug-likeness (QED) is 0.166. The van der Waals surface area contributed by atoms with E-state index in [0.717, 1.165) is 111 Å². The van der Waals surface area contributed by atoms with Crippen LogP contribution in [0.5, 0.6) is 0 Å². The first-order chi connectivity index (χ1) is 34.7. The molecule has 0 fully saturated rings. The molecule has 0 saturated carbocycles. The number of para-hydroxylation sites is 5. The average Bonchev–Trinajstić information content (AvgIpc) is 4.19. The van der Waals surface area contributed by atoms with E-state index in [4.69, 9.17) is 23.8 Å². The molecule has 5 heterocycles. The second kappa shape index (κ2) is 15.0. The molecule has 0 aliphatic heterocycles. The number of rotatable bonds is 6. The first-order valence-corrected chi connectivity index (χ1v) is 23.5.